The Bertz CT molecular complexity index is 1380. The third-order valence-electron chi connectivity index (χ3n) is 5.27. The van der Waals surface area contributed by atoms with Gasteiger partial charge in [-0.15, -0.1) is 11.3 Å². The minimum Gasteiger partial charge on any atom is -0.496 e. The SMILES string of the molecule is COc1ccc(-c2cccc(C(=O)O)c2)cc1CNC(=O)c1sc(-c2ccccc2Cl)nc1C. The molecular weight excluding hydrogens is 472 g/mol. The number of carboxylic acids is 1. The van der Waals surface area contributed by atoms with Crippen LogP contribution in [0.5, 0.6) is 5.75 Å². The van der Waals surface area contributed by atoms with Crippen LogP contribution in [0.1, 0.15) is 31.3 Å². The summed E-state index contributed by atoms with van der Waals surface area (Å²) >= 11 is 7.58. The lowest BCUT2D eigenvalue weighted by molar-refractivity contribution is 0.0696. The van der Waals surface area contributed by atoms with E-state index in [1.165, 1.54) is 11.3 Å². The monoisotopic (exact) mass is 492 g/mol. The second-order valence-corrected chi connectivity index (χ2v) is 8.91. The van der Waals surface area contributed by atoms with Gasteiger partial charge in [-0.1, -0.05) is 48.0 Å². The number of ether oxygens (including phenoxy) is 1. The third kappa shape index (κ3) is 4.95. The van der Waals surface area contributed by atoms with Gasteiger partial charge in [-0.05, 0) is 48.4 Å². The number of carbonyl (C=O) groups excluding carboxylic acids is 1. The van der Waals surface area contributed by atoms with Gasteiger partial charge in [-0.2, -0.15) is 0 Å². The van der Waals surface area contributed by atoms with Crippen LogP contribution >= 0.6 is 22.9 Å². The van der Waals surface area contributed by atoms with Gasteiger partial charge in [0.25, 0.3) is 5.91 Å². The molecule has 6 nitrogen and oxygen atoms in total. The summed E-state index contributed by atoms with van der Waals surface area (Å²) in [6.07, 6.45) is 0. The van der Waals surface area contributed by atoms with Gasteiger partial charge in [0.1, 0.15) is 15.6 Å². The standard InChI is InChI=1S/C26H21ClN2O4S/c1-15-23(34-25(29-15)20-8-3-4-9-21(20)27)24(30)28-14-19-13-17(10-11-22(19)33-2)16-6-5-7-18(12-16)26(31)32/h3-13H,14H2,1-2H3,(H,28,30)(H,31,32). The molecule has 3 aromatic carbocycles. The van der Waals surface area contributed by atoms with Crippen molar-refractivity contribution < 1.29 is 19.4 Å². The quantitative estimate of drug-likeness (QED) is 0.326. The van der Waals surface area contributed by atoms with E-state index in [1.807, 2.05) is 36.4 Å². The number of aromatic nitrogens is 1. The van der Waals surface area contributed by atoms with E-state index >= 15 is 0 Å². The van der Waals surface area contributed by atoms with Gasteiger partial charge < -0.3 is 15.2 Å². The molecule has 8 heteroatoms. The molecule has 0 spiro atoms. The van der Waals surface area contributed by atoms with Crippen LogP contribution in [0, 0.1) is 6.92 Å². The summed E-state index contributed by atoms with van der Waals surface area (Å²) in [4.78, 5) is 29.3. The first-order valence-corrected chi connectivity index (χ1v) is 11.6. The minimum atomic E-state index is -0.987. The average molecular weight is 493 g/mol. The van der Waals surface area contributed by atoms with E-state index in [2.05, 4.69) is 10.3 Å². The summed E-state index contributed by atoms with van der Waals surface area (Å²) in [5.41, 5.74) is 3.97. The molecule has 0 saturated carbocycles. The van der Waals surface area contributed by atoms with Crippen LogP contribution in [0.15, 0.2) is 66.7 Å². The number of rotatable bonds is 7. The Morgan fingerprint density at radius 2 is 1.82 bits per heavy atom. The summed E-state index contributed by atoms with van der Waals surface area (Å²) in [5, 5.41) is 13.5. The highest BCUT2D eigenvalue weighted by Crippen LogP contribution is 2.33. The molecule has 0 aliphatic heterocycles. The molecular formula is C26H21ClN2O4S. The second-order valence-electron chi connectivity index (χ2n) is 7.51. The topological polar surface area (TPSA) is 88.5 Å². The summed E-state index contributed by atoms with van der Waals surface area (Å²) in [7, 11) is 1.56. The number of amides is 1. The fourth-order valence-electron chi connectivity index (χ4n) is 3.54. The summed E-state index contributed by atoms with van der Waals surface area (Å²) in [6.45, 7) is 2.02. The fourth-order valence-corrected chi connectivity index (χ4v) is 4.84. The molecule has 0 atom stereocenters. The zero-order chi connectivity index (χ0) is 24.2. The number of benzene rings is 3. The maximum Gasteiger partial charge on any atom is 0.335 e. The number of carbonyl (C=O) groups is 2. The van der Waals surface area contributed by atoms with Crippen molar-refractivity contribution in [1.29, 1.82) is 0 Å². The van der Waals surface area contributed by atoms with Crippen LogP contribution in [0.4, 0.5) is 0 Å². The Labute approximate surface area is 205 Å². The smallest absolute Gasteiger partial charge is 0.335 e. The number of methoxy groups -OCH3 is 1. The molecule has 1 aromatic heterocycles. The molecule has 2 N–H and O–H groups in total. The summed E-state index contributed by atoms with van der Waals surface area (Å²) in [6, 6.07) is 19.6. The molecule has 1 amide bonds. The molecule has 0 unspecified atom stereocenters. The minimum absolute atomic E-state index is 0.207. The van der Waals surface area contributed by atoms with E-state index in [1.54, 1.807) is 44.4 Å². The predicted molar refractivity (Wildman–Crippen MR) is 134 cm³/mol. The van der Waals surface area contributed by atoms with Gasteiger partial charge in [-0.25, -0.2) is 9.78 Å². The molecule has 172 valence electrons. The lowest BCUT2D eigenvalue weighted by atomic mass is 10.0. The number of nitrogens with zero attached hydrogens (tertiary/aromatic N) is 1. The van der Waals surface area contributed by atoms with E-state index in [9.17, 15) is 14.7 Å². The number of thiazole rings is 1. The van der Waals surface area contributed by atoms with Gasteiger partial charge in [0.2, 0.25) is 0 Å². The van der Waals surface area contributed by atoms with E-state index in [-0.39, 0.29) is 18.0 Å². The fraction of sp³-hybridized carbons (Fsp3) is 0.115. The highest BCUT2D eigenvalue weighted by molar-refractivity contribution is 7.17. The Hall–Kier alpha value is -3.68. The number of carboxylic acid groups (broad SMARTS) is 1. The molecule has 0 radical (unpaired) electrons. The van der Waals surface area contributed by atoms with Crippen molar-refractivity contribution in [2.75, 3.05) is 7.11 Å². The molecule has 0 aliphatic rings. The van der Waals surface area contributed by atoms with Crippen molar-refractivity contribution in [3.63, 3.8) is 0 Å². The molecule has 0 fully saturated rings. The van der Waals surface area contributed by atoms with Crippen molar-refractivity contribution in [3.05, 3.63) is 93.5 Å². The summed E-state index contributed by atoms with van der Waals surface area (Å²) < 4.78 is 5.47. The third-order valence-corrected chi connectivity index (χ3v) is 6.79. The molecule has 34 heavy (non-hydrogen) atoms. The average Bonchev–Trinajstić information content (AvgIpc) is 3.24. The van der Waals surface area contributed by atoms with Crippen molar-refractivity contribution in [3.8, 4) is 27.4 Å². The Morgan fingerprint density at radius 1 is 1.06 bits per heavy atom. The van der Waals surface area contributed by atoms with Crippen molar-refractivity contribution in [2.45, 2.75) is 13.5 Å². The van der Waals surface area contributed by atoms with Gasteiger partial charge in [0.05, 0.1) is 23.4 Å². The van der Waals surface area contributed by atoms with E-state index in [0.717, 1.165) is 22.3 Å². The number of halogens is 1. The highest BCUT2D eigenvalue weighted by atomic mass is 35.5. The number of nitrogens with one attached hydrogen (secondary N) is 1. The van der Waals surface area contributed by atoms with Crippen molar-refractivity contribution in [2.24, 2.45) is 0 Å². The van der Waals surface area contributed by atoms with E-state index < -0.39 is 5.97 Å². The first-order valence-electron chi connectivity index (χ1n) is 10.4. The van der Waals surface area contributed by atoms with E-state index in [4.69, 9.17) is 16.3 Å². The molecule has 1 heterocycles. The van der Waals surface area contributed by atoms with Crippen LogP contribution < -0.4 is 10.1 Å². The first-order chi connectivity index (χ1) is 16.4. The van der Waals surface area contributed by atoms with E-state index in [0.29, 0.717) is 26.4 Å². The van der Waals surface area contributed by atoms with Gasteiger partial charge in [0.15, 0.2) is 0 Å². The van der Waals surface area contributed by atoms with Gasteiger partial charge >= 0.3 is 5.97 Å². The van der Waals surface area contributed by atoms with Crippen molar-refractivity contribution >= 4 is 34.8 Å². The summed E-state index contributed by atoms with van der Waals surface area (Å²) in [5.74, 6) is -0.608. The zero-order valence-corrected chi connectivity index (χ0v) is 20.0. The van der Waals surface area contributed by atoms with Crippen LogP contribution in [-0.4, -0.2) is 29.1 Å². The number of hydrogen-bond acceptors (Lipinski definition) is 5. The Morgan fingerprint density at radius 3 is 2.56 bits per heavy atom. The zero-order valence-electron chi connectivity index (χ0n) is 18.5. The Kier molecular flexibility index (Phi) is 6.95. The number of aromatic carboxylic acids is 1. The molecule has 0 aliphatic carbocycles. The van der Waals surface area contributed by atoms with Gasteiger partial charge in [0, 0.05) is 17.7 Å². The first kappa shape index (κ1) is 23.5. The number of aryl methyl sites for hydroxylation is 1. The van der Waals surface area contributed by atoms with Crippen LogP contribution in [0.25, 0.3) is 21.7 Å². The number of hydrogen-bond donors (Lipinski definition) is 2. The normalized spacial score (nSPS) is 10.7. The maximum atomic E-state index is 13.0. The second kappa shape index (κ2) is 10.1. The highest BCUT2D eigenvalue weighted by Gasteiger charge is 2.18. The largest absolute Gasteiger partial charge is 0.496 e. The maximum absolute atomic E-state index is 13.0. The van der Waals surface area contributed by atoms with Crippen LogP contribution in [-0.2, 0) is 6.54 Å². The van der Waals surface area contributed by atoms with Crippen LogP contribution in [0.3, 0.4) is 0 Å². The molecule has 4 aromatic rings. The Balaban J connectivity index is 1.56. The lowest BCUT2D eigenvalue weighted by Crippen LogP contribution is -2.22. The van der Waals surface area contributed by atoms with Gasteiger partial charge in [-0.3, -0.25) is 4.79 Å². The van der Waals surface area contributed by atoms with Crippen LogP contribution in [0.2, 0.25) is 5.02 Å². The molecule has 4 rings (SSSR count). The van der Waals surface area contributed by atoms with Crippen molar-refractivity contribution in [1.82, 2.24) is 10.3 Å². The predicted octanol–water partition coefficient (Wildman–Crippen LogP) is 6.08. The lowest BCUT2D eigenvalue weighted by Gasteiger charge is -2.12. The molecule has 0 saturated heterocycles. The molecule has 0 bridgehead atoms.